The Kier molecular flexibility index (Phi) is 5.59. The van der Waals surface area contributed by atoms with Gasteiger partial charge in [-0.05, 0) is 25.0 Å². The number of amides is 1. The zero-order valence-electron chi connectivity index (χ0n) is 11.8. The molecule has 7 heteroatoms. The van der Waals surface area contributed by atoms with Gasteiger partial charge >= 0.3 is 5.97 Å². The van der Waals surface area contributed by atoms with Gasteiger partial charge in [-0.15, -0.1) is 0 Å². The Morgan fingerprint density at radius 1 is 1.33 bits per heavy atom. The van der Waals surface area contributed by atoms with Gasteiger partial charge < -0.3 is 10.4 Å². The molecule has 0 radical (unpaired) electrons. The molecular weight excluding hydrogens is 320 g/mol. The lowest BCUT2D eigenvalue weighted by Crippen LogP contribution is -2.51. The van der Waals surface area contributed by atoms with Crippen molar-refractivity contribution in [2.75, 3.05) is 0 Å². The van der Waals surface area contributed by atoms with Crippen LogP contribution in [0.15, 0.2) is 12.1 Å². The minimum absolute atomic E-state index is 0.000307. The van der Waals surface area contributed by atoms with E-state index in [2.05, 4.69) is 5.32 Å². The average molecular weight is 336 g/mol. The number of carboxylic acids is 1. The number of halogens is 3. The summed E-state index contributed by atoms with van der Waals surface area (Å²) < 4.78 is 13.5. The highest BCUT2D eigenvalue weighted by Crippen LogP contribution is 2.26. The van der Waals surface area contributed by atoms with E-state index in [9.17, 15) is 14.0 Å². The van der Waals surface area contributed by atoms with Crippen LogP contribution in [0.2, 0.25) is 10.0 Å². The van der Waals surface area contributed by atoms with Gasteiger partial charge in [0.1, 0.15) is 5.82 Å². The van der Waals surface area contributed by atoms with E-state index in [0.29, 0.717) is 0 Å². The lowest BCUT2D eigenvalue weighted by Gasteiger charge is -2.33. The molecule has 0 aliphatic rings. The molecule has 0 fully saturated rings. The molecule has 0 aliphatic heterocycles. The van der Waals surface area contributed by atoms with Crippen LogP contribution >= 0.6 is 23.2 Å². The van der Waals surface area contributed by atoms with E-state index in [0.717, 1.165) is 12.1 Å². The standard InChI is InChI=1S/C14H16Cl2FNO3/c1-7(2)14(3,6-12(19)20)18-13(21)8-4-11(17)10(16)5-9(8)15/h4-5,7H,6H2,1-3H3,(H,18,21)(H,19,20). The summed E-state index contributed by atoms with van der Waals surface area (Å²) in [5.74, 6) is -2.60. The molecule has 2 N–H and O–H groups in total. The third-order valence-corrected chi connectivity index (χ3v) is 4.05. The second-order valence-corrected chi connectivity index (χ2v) is 6.16. The quantitative estimate of drug-likeness (QED) is 0.805. The SMILES string of the molecule is CC(C)C(C)(CC(=O)O)NC(=O)c1cc(F)c(Cl)cc1Cl. The minimum Gasteiger partial charge on any atom is -0.481 e. The molecule has 0 aliphatic carbocycles. The summed E-state index contributed by atoms with van der Waals surface area (Å²) >= 11 is 11.5. The van der Waals surface area contributed by atoms with E-state index in [1.54, 1.807) is 20.8 Å². The number of nitrogens with one attached hydrogen (secondary N) is 1. The molecule has 1 aromatic carbocycles. The maximum absolute atomic E-state index is 13.5. The molecule has 1 rings (SSSR count). The number of aliphatic carboxylic acids is 1. The number of hydrogen-bond donors (Lipinski definition) is 2. The van der Waals surface area contributed by atoms with Crippen molar-refractivity contribution in [3.63, 3.8) is 0 Å². The van der Waals surface area contributed by atoms with Crippen LogP contribution in [0.5, 0.6) is 0 Å². The van der Waals surface area contributed by atoms with Gasteiger partial charge in [0.2, 0.25) is 0 Å². The third kappa shape index (κ3) is 4.32. The van der Waals surface area contributed by atoms with E-state index in [4.69, 9.17) is 28.3 Å². The van der Waals surface area contributed by atoms with Crippen LogP contribution in [0.25, 0.3) is 0 Å². The first kappa shape index (κ1) is 17.7. The molecule has 1 amide bonds. The molecule has 0 heterocycles. The van der Waals surface area contributed by atoms with Gasteiger partial charge in [-0.3, -0.25) is 9.59 Å². The van der Waals surface area contributed by atoms with Gasteiger partial charge in [0.05, 0.1) is 27.6 Å². The van der Waals surface area contributed by atoms with Gasteiger partial charge in [0.25, 0.3) is 5.91 Å². The lowest BCUT2D eigenvalue weighted by atomic mass is 9.85. The van der Waals surface area contributed by atoms with Gasteiger partial charge in [-0.2, -0.15) is 0 Å². The second-order valence-electron chi connectivity index (χ2n) is 5.34. The maximum Gasteiger partial charge on any atom is 0.305 e. The third-order valence-electron chi connectivity index (χ3n) is 3.45. The molecule has 0 aromatic heterocycles. The molecule has 1 unspecified atom stereocenters. The summed E-state index contributed by atoms with van der Waals surface area (Å²) in [5, 5.41) is 11.4. The Morgan fingerprint density at radius 3 is 2.38 bits per heavy atom. The summed E-state index contributed by atoms with van der Waals surface area (Å²) in [5.41, 5.74) is -1.07. The average Bonchev–Trinajstić information content (AvgIpc) is 2.32. The molecule has 0 spiro atoms. The van der Waals surface area contributed by atoms with Crippen molar-refractivity contribution >= 4 is 35.1 Å². The molecule has 1 atom stereocenters. The van der Waals surface area contributed by atoms with Crippen molar-refractivity contribution in [1.82, 2.24) is 5.32 Å². The summed E-state index contributed by atoms with van der Waals surface area (Å²) in [7, 11) is 0. The van der Waals surface area contributed by atoms with Gasteiger partial charge in [0.15, 0.2) is 0 Å². The van der Waals surface area contributed by atoms with Crippen molar-refractivity contribution in [2.24, 2.45) is 5.92 Å². The van der Waals surface area contributed by atoms with Crippen LogP contribution in [0.3, 0.4) is 0 Å². The number of rotatable bonds is 5. The van der Waals surface area contributed by atoms with E-state index >= 15 is 0 Å². The fourth-order valence-electron chi connectivity index (χ4n) is 1.73. The Morgan fingerprint density at radius 2 is 1.90 bits per heavy atom. The fourth-order valence-corrected chi connectivity index (χ4v) is 2.20. The molecule has 21 heavy (non-hydrogen) atoms. The van der Waals surface area contributed by atoms with Crippen LogP contribution in [-0.2, 0) is 4.79 Å². The minimum atomic E-state index is -1.04. The van der Waals surface area contributed by atoms with Gasteiger partial charge in [-0.1, -0.05) is 37.0 Å². The van der Waals surface area contributed by atoms with Gasteiger partial charge in [-0.25, -0.2) is 4.39 Å². The lowest BCUT2D eigenvalue weighted by molar-refractivity contribution is -0.138. The van der Waals surface area contributed by atoms with E-state index in [1.807, 2.05) is 0 Å². The molecule has 0 saturated carbocycles. The van der Waals surface area contributed by atoms with Crippen LogP contribution in [0.4, 0.5) is 4.39 Å². The van der Waals surface area contributed by atoms with Crippen molar-refractivity contribution in [2.45, 2.75) is 32.7 Å². The summed E-state index contributed by atoms with van der Waals surface area (Å²) in [6, 6.07) is 2.07. The second kappa shape index (κ2) is 6.62. The molecule has 1 aromatic rings. The van der Waals surface area contributed by atoms with Gasteiger partial charge in [0, 0.05) is 0 Å². The van der Waals surface area contributed by atoms with Crippen molar-refractivity contribution in [3.05, 3.63) is 33.6 Å². The number of carbonyl (C=O) groups excluding carboxylic acids is 1. The van der Waals surface area contributed by atoms with Crippen molar-refractivity contribution in [3.8, 4) is 0 Å². The Labute approximate surface area is 132 Å². The molecule has 0 bridgehead atoms. The number of hydrogen-bond acceptors (Lipinski definition) is 2. The monoisotopic (exact) mass is 335 g/mol. The van der Waals surface area contributed by atoms with Crippen molar-refractivity contribution in [1.29, 1.82) is 0 Å². The topological polar surface area (TPSA) is 66.4 Å². The highest BCUT2D eigenvalue weighted by Gasteiger charge is 2.33. The zero-order valence-corrected chi connectivity index (χ0v) is 13.3. The Balaban J connectivity index is 3.08. The largest absolute Gasteiger partial charge is 0.481 e. The Bertz CT molecular complexity index is 578. The van der Waals surface area contributed by atoms with Crippen molar-refractivity contribution < 1.29 is 19.1 Å². The summed E-state index contributed by atoms with van der Waals surface area (Å²) in [6.45, 7) is 5.18. The smallest absolute Gasteiger partial charge is 0.305 e. The first-order valence-electron chi connectivity index (χ1n) is 6.25. The first-order valence-corrected chi connectivity index (χ1v) is 7.01. The fraction of sp³-hybridized carbons (Fsp3) is 0.429. The zero-order chi connectivity index (χ0) is 16.4. The van der Waals surface area contributed by atoms with E-state index in [1.165, 1.54) is 0 Å². The normalized spacial score (nSPS) is 13.9. The summed E-state index contributed by atoms with van der Waals surface area (Å²) in [6.07, 6.45) is -0.260. The highest BCUT2D eigenvalue weighted by molar-refractivity contribution is 6.36. The van der Waals surface area contributed by atoms with E-state index in [-0.39, 0.29) is 27.9 Å². The van der Waals surface area contributed by atoms with E-state index < -0.39 is 23.2 Å². The van der Waals surface area contributed by atoms with Crippen LogP contribution < -0.4 is 5.32 Å². The summed E-state index contributed by atoms with van der Waals surface area (Å²) in [4.78, 5) is 23.2. The molecule has 4 nitrogen and oxygen atoms in total. The molecule has 116 valence electrons. The molecule has 0 saturated heterocycles. The predicted octanol–water partition coefficient (Wildman–Crippen LogP) is 3.75. The first-order chi connectivity index (χ1) is 9.56. The number of carbonyl (C=O) groups is 2. The number of benzene rings is 1. The van der Waals surface area contributed by atoms with Crippen LogP contribution in [0, 0.1) is 11.7 Å². The molecular formula is C14H16Cl2FNO3. The predicted molar refractivity (Wildman–Crippen MR) is 79.4 cm³/mol. The Hall–Kier alpha value is -1.33. The number of carboxylic acid groups (broad SMARTS) is 1. The van der Waals surface area contributed by atoms with Crippen LogP contribution in [-0.4, -0.2) is 22.5 Å². The maximum atomic E-state index is 13.5. The highest BCUT2D eigenvalue weighted by atomic mass is 35.5. The van der Waals surface area contributed by atoms with Crippen LogP contribution in [0.1, 0.15) is 37.6 Å².